The molecule has 0 heterocycles. The Morgan fingerprint density at radius 1 is 0.826 bits per heavy atom. The number of carboxylic acid groups (broad SMARTS) is 2. The summed E-state index contributed by atoms with van der Waals surface area (Å²) in [7, 11) is 0. The zero-order chi connectivity index (χ0) is 16.8. The zero-order valence-electron chi connectivity index (χ0n) is 13.3. The van der Waals surface area contributed by atoms with E-state index in [-0.39, 0.29) is 23.2 Å². The highest BCUT2D eigenvalue weighted by molar-refractivity contribution is 6.02. The van der Waals surface area contributed by atoms with Gasteiger partial charge in [-0.1, -0.05) is 19.3 Å². The molecule has 0 saturated heterocycles. The van der Waals surface area contributed by atoms with E-state index in [0.717, 1.165) is 44.9 Å². The lowest BCUT2D eigenvalue weighted by Crippen LogP contribution is -2.24. The zero-order valence-corrected chi connectivity index (χ0v) is 13.3. The number of hydrogen-bond donors (Lipinski definition) is 2. The summed E-state index contributed by atoms with van der Waals surface area (Å²) in [6.45, 7) is 0. The SMILES string of the molecule is O=C(CC(C(=O)O)=C(C(=O)O)C1CCCC1)OC1CCCCC1. The number of aliphatic carboxylic acids is 2. The van der Waals surface area contributed by atoms with Crippen molar-refractivity contribution < 1.29 is 29.3 Å². The number of carbonyl (C=O) groups is 3. The molecular weight excluding hydrogens is 300 g/mol. The fraction of sp³-hybridized carbons (Fsp3) is 0.706. The van der Waals surface area contributed by atoms with Crippen LogP contribution < -0.4 is 0 Å². The van der Waals surface area contributed by atoms with Gasteiger partial charge < -0.3 is 14.9 Å². The van der Waals surface area contributed by atoms with Crippen LogP contribution in [0.1, 0.15) is 64.2 Å². The van der Waals surface area contributed by atoms with Crippen LogP contribution in [0.5, 0.6) is 0 Å². The second-order valence-corrected chi connectivity index (χ2v) is 6.41. The van der Waals surface area contributed by atoms with Crippen molar-refractivity contribution in [2.45, 2.75) is 70.3 Å². The second-order valence-electron chi connectivity index (χ2n) is 6.41. The van der Waals surface area contributed by atoms with E-state index in [1.807, 2.05) is 0 Å². The van der Waals surface area contributed by atoms with Gasteiger partial charge in [0.15, 0.2) is 0 Å². The van der Waals surface area contributed by atoms with Crippen LogP contribution in [0.3, 0.4) is 0 Å². The predicted octanol–water partition coefficient (Wildman–Crippen LogP) is 2.91. The molecule has 0 spiro atoms. The maximum atomic E-state index is 12.1. The molecule has 23 heavy (non-hydrogen) atoms. The number of ether oxygens (including phenoxy) is 1. The van der Waals surface area contributed by atoms with Crippen molar-refractivity contribution in [1.82, 2.24) is 0 Å². The molecule has 0 atom stereocenters. The largest absolute Gasteiger partial charge is 0.478 e. The Kier molecular flexibility index (Phi) is 6.19. The van der Waals surface area contributed by atoms with E-state index in [9.17, 15) is 24.6 Å². The lowest BCUT2D eigenvalue weighted by molar-refractivity contribution is -0.151. The molecule has 0 bridgehead atoms. The van der Waals surface area contributed by atoms with Crippen molar-refractivity contribution in [1.29, 1.82) is 0 Å². The van der Waals surface area contributed by atoms with E-state index in [0.29, 0.717) is 12.8 Å². The maximum Gasteiger partial charge on any atom is 0.332 e. The van der Waals surface area contributed by atoms with Crippen molar-refractivity contribution in [2.24, 2.45) is 5.92 Å². The summed E-state index contributed by atoms with van der Waals surface area (Å²) in [5.74, 6) is -3.48. The number of rotatable bonds is 6. The standard InChI is InChI=1S/C17H24O6/c18-14(23-12-8-2-1-3-9-12)10-13(16(19)20)15(17(21)22)11-6-4-5-7-11/h11-12H,1-10H2,(H,19,20)(H,21,22). The molecule has 2 saturated carbocycles. The van der Waals surface area contributed by atoms with Gasteiger partial charge >= 0.3 is 17.9 Å². The van der Waals surface area contributed by atoms with Gasteiger partial charge in [0.05, 0.1) is 17.6 Å². The lowest BCUT2D eigenvalue weighted by Gasteiger charge is -2.22. The Morgan fingerprint density at radius 2 is 1.39 bits per heavy atom. The molecule has 0 aromatic carbocycles. The van der Waals surface area contributed by atoms with Gasteiger partial charge in [-0.15, -0.1) is 0 Å². The highest BCUT2D eigenvalue weighted by Gasteiger charge is 2.31. The molecule has 2 rings (SSSR count). The molecule has 0 aliphatic heterocycles. The monoisotopic (exact) mass is 324 g/mol. The van der Waals surface area contributed by atoms with Crippen LogP contribution in [0.15, 0.2) is 11.1 Å². The average Bonchev–Trinajstić information content (AvgIpc) is 3.01. The third-order valence-electron chi connectivity index (χ3n) is 4.75. The summed E-state index contributed by atoms with van der Waals surface area (Å²) in [5, 5.41) is 18.8. The van der Waals surface area contributed by atoms with Crippen LogP contribution in [-0.4, -0.2) is 34.2 Å². The molecule has 0 aromatic rings. The van der Waals surface area contributed by atoms with Gasteiger partial charge in [0.25, 0.3) is 0 Å². The molecule has 2 fully saturated rings. The number of hydrogen-bond acceptors (Lipinski definition) is 4. The molecule has 0 amide bonds. The van der Waals surface area contributed by atoms with E-state index < -0.39 is 24.3 Å². The first-order valence-electron chi connectivity index (χ1n) is 8.38. The Hall–Kier alpha value is -1.85. The normalized spacial score (nSPS) is 20.9. The van der Waals surface area contributed by atoms with Crippen molar-refractivity contribution in [2.75, 3.05) is 0 Å². The Morgan fingerprint density at radius 3 is 1.91 bits per heavy atom. The van der Waals surface area contributed by atoms with Gasteiger partial charge in [-0.25, -0.2) is 9.59 Å². The second kappa shape index (κ2) is 8.13. The summed E-state index contributed by atoms with van der Waals surface area (Å²) in [6.07, 6.45) is 7.20. The van der Waals surface area contributed by atoms with Gasteiger partial charge in [-0.2, -0.15) is 0 Å². The van der Waals surface area contributed by atoms with Crippen LogP contribution in [0.4, 0.5) is 0 Å². The van der Waals surface area contributed by atoms with E-state index in [1.54, 1.807) is 0 Å². The number of carbonyl (C=O) groups excluding carboxylic acids is 1. The van der Waals surface area contributed by atoms with Crippen molar-refractivity contribution in [3.63, 3.8) is 0 Å². The molecule has 0 aromatic heterocycles. The van der Waals surface area contributed by atoms with Gasteiger partial charge in [-0.3, -0.25) is 4.79 Å². The minimum atomic E-state index is -1.34. The molecular formula is C17H24O6. The predicted molar refractivity (Wildman–Crippen MR) is 81.8 cm³/mol. The Bertz CT molecular complexity index is 495. The summed E-state index contributed by atoms with van der Waals surface area (Å²) < 4.78 is 5.34. The highest BCUT2D eigenvalue weighted by atomic mass is 16.5. The molecule has 2 aliphatic rings. The van der Waals surface area contributed by atoms with Gasteiger partial charge in [0.2, 0.25) is 0 Å². The third kappa shape index (κ3) is 4.81. The molecule has 6 heteroatoms. The summed E-state index contributed by atoms with van der Waals surface area (Å²) in [5.41, 5.74) is -0.430. The number of esters is 1. The quantitative estimate of drug-likeness (QED) is 0.575. The molecule has 128 valence electrons. The van der Waals surface area contributed by atoms with E-state index >= 15 is 0 Å². The third-order valence-corrected chi connectivity index (χ3v) is 4.75. The van der Waals surface area contributed by atoms with E-state index in [2.05, 4.69) is 0 Å². The van der Waals surface area contributed by atoms with Gasteiger partial charge in [0, 0.05) is 0 Å². The van der Waals surface area contributed by atoms with Crippen LogP contribution in [0, 0.1) is 5.92 Å². The van der Waals surface area contributed by atoms with Crippen molar-refractivity contribution in [3.8, 4) is 0 Å². The van der Waals surface area contributed by atoms with Gasteiger partial charge in [-0.05, 0) is 44.4 Å². The van der Waals surface area contributed by atoms with Crippen LogP contribution >= 0.6 is 0 Å². The molecule has 2 aliphatic carbocycles. The molecule has 0 radical (unpaired) electrons. The van der Waals surface area contributed by atoms with Gasteiger partial charge in [0.1, 0.15) is 6.10 Å². The summed E-state index contributed by atoms with van der Waals surface area (Å²) in [4.78, 5) is 35.1. The minimum absolute atomic E-state index is 0.115. The molecule has 0 unspecified atom stereocenters. The lowest BCUT2D eigenvalue weighted by atomic mass is 9.91. The van der Waals surface area contributed by atoms with E-state index in [1.165, 1.54) is 0 Å². The van der Waals surface area contributed by atoms with Crippen LogP contribution in [0.2, 0.25) is 0 Å². The van der Waals surface area contributed by atoms with E-state index in [4.69, 9.17) is 4.74 Å². The van der Waals surface area contributed by atoms with Crippen molar-refractivity contribution >= 4 is 17.9 Å². The number of carboxylic acids is 2. The molecule has 6 nitrogen and oxygen atoms in total. The Balaban J connectivity index is 2.11. The maximum absolute atomic E-state index is 12.1. The fourth-order valence-electron chi connectivity index (χ4n) is 3.61. The van der Waals surface area contributed by atoms with Crippen LogP contribution in [0.25, 0.3) is 0 Å². The Labute approximate surface area is 135 Å². The first kappa shape index (κ1) is 17.5. The smallest absolute Gasteiger partial charge is 0.332 e. The average molecular weight is 324 g/mol. The first-order valence-corrected chi connectivity index (χ1v) is 8.38. The first-order chi connectivity index (χ1) is 11.0. The van der Waals surface area contributed by atoms with Crippen LogP contribution in [-0.2, 0) is 19.1 Å². The summed E-state index contributed by atoms with van der Waals surface area (Å²) >= 11 is 0. The topological polar surface area (TPSA) is 101 Å². The van der Waals surface area contributed by atoms with Crippen molar-refractivity contribution in [3.05, 3.63) is 11.1 Å². The fourth-order valence-corrected chi connectivity index (χ4v) is 3.61. The summed E-state index contributed by atoms with van der Waals surface area (Å²) in [6, 6.07) is 0. The highest BCUT2D eigenvalue weighted by Crippen LogP contribution is 2.34. The minimum Gasteiger partial charge on any atom is -0.478 e. The molecule has 2 N–H and O–H groups in total.